The molecule has 2 aromatic heterocycles. The number of hydrogen-bond donors (Lipinski definition) is 3. The summed E-state index contributed by atoms with van der Waals surface area (Å²) in [7, 11) is 1.67. The topological polar surface area (TPSA) is 74.0 Å². The van der Waals surface area contributed by atoms with Gasteiger partial charge in [-0.1, -0.05) is 23.2 Å². The summed E-state index contributed by atoms with van der Waals surface area (Å²) in [6.07, 6.45) is 3.18. The molecule has 26 heavy (non-hydrogen) atoms. The molecule has 0 aliphatic carbocycles. The van der Waals surface area contributed by atoms with Crippen LogP contribution >= 0.6 is 58.5 Å². The quantitative estimate of drug-likeness (QED) is 0.269. The van der Waals surface area contributed by atoms with E-state index in [-0.39, 0.29) is 30.5 Å². The number of hydrogen-bond acceptors (Lipinski definition) is 4. The Hall–Kier alpha value is -1.07. The lowest BCUT2D eigenvalue weighted by atomic mass is 10.1. The van der Waals surface area contributed by atoms with Gasteiger partial charge in [0.15, 0.2) is 10.9 Å². The van der Waals surface area contributed by atoms with Crippen LogP contribution in [0.15, 0.2) is 41.0 Å². The average Bonchev–Trinajstić information content (AvgIpc) is 3.15. The molecular weight excluding hydrogens is 508 g/mol. The first-order valence-corrected chi connectivity index (χ1v) is 9.18. The highest BCUT2D eigenvalue weighted by Gasteiger charge is 2.11. The molecule has 0 spiro atoms. The minimum atomic E-state index is -0.757. The zero-order valence-electron chi connectivity index (χ0n) is 13.8. The fourth-order valence-electron chi connectivity index (χ4n) is 2.33. The van der Waals surface area contributed by atoms with E-state index in [1.807, 2.05) is 22.2 Å². The molecule has 0 saturated carbocycles. The van der Waals surface area contributed by atoms with Crippen molar-refractivity contribution in [3.8, 4) is 0 Å². The second-order valence-electron chi connectivity index (χ2n) is 5.35. The van der Waals surface area contributed by atoms with Crippen molar-refractivity contribution in [1.29, 1.82) is 0 Å². The maximum Gasteiger partial charge on any atom is 0.193 e. The van der Waals surface area contributed by atoms with Crippen molar-refractivity contribution in [2.45, 2.75) is 12.6 Å². The first kappa shape index (κ1) is 21.2. The lowest BCUT2D eigenvalue weighted by molar-refractivity contribution is 0.181. The minimum Gasteiger partial charge on any atom is -0.387 e. The van der Waals surface area contributed by atoms with Gasteiger partial charge < -0.3 is 15.7 Å². The van der Waals surface area contributed by atoms with Crippen molar-refractivity contribution in [2.24, 2.45) is 4.99 Å². The summed E-state index contributed by atoms with van der Waals surface area (Å²) in [5.41, 5.74) is 1.56. The largest absolute Gasteiger partial charge is 0.387 e. The smallest absolute Gasteiger partial charge is 0.193 e. The minimum absolute atomic E-state index is 0. The summed E-state index contributed by atoms with van der Waals surface area (Å²) in [5, 5.41) is 19.5. The van der Waals surface area contributed by atoms with Gasteiger partial charge >= 0.3 is 0 Å². The third-order valence-corrected chi connectivity index (χ3v) is 4.74. The maximum atomic E-state index is 10.3. The number of halogens is 3. The number of aromatic nitrogens is 2. The standard InChI is InChI=1S/C16H17Cl2N5OS.HI/c1-19-15(20-7-13-9-23-2-3-25-16(23)22-13)21-8-14(24)10-4-11(17)6-12(18)5-10;/h2-6,9,14,24H,7-8H2,1H3,(H2,19,20,21);1H. The van der Waals surface area contributed by atoms with Crippen molar-refractivity contribution in [3.63, 3.8) is 0 Å². The van der Waals surface area contributed by atoms with Gasteiger partial charge in [0.2, 0.25) is 0 Å². The number of rotatable bonds is 5. The molecule has 0 saturated heterocycles. The SMILES string of the molecule is CN=C(NCc1cn2ccsc2n1)NCC(O)c1cc(Cl)cc(Cl)c1.I. The van der Waals surface area contributed by atoms with Crippen molar-refractivity contribution < 1.29 is 5.11 Å². The molecule has 1 atom stereocenters. The molecule has 6 nitrogen and oxygen atoms in total. The lowest BCUT2D eigenvalue weighted by Crippen LogP contribution is -2.39. The molecule has 1 unspecified atom stereocenters. The third kappa shape index (κ3) is 5.46. The van der Waals surface area contributed by atoms with Gasteiger partial charge in [0, 0.05) is 41.4 Å². The Morgan fingerprint density at radius 3 is 2.69 bits per heavy atom. The first-order chi connectivity index (χ1) is 12.0. The van der Waals surface area contributed by atoms with E-state index < -0.39 is 6.10 Å². The van der Waals surface area contributed by atoms with Crippen LogP contribution in [0.2, 0.25) is 10.0 Å². The maximum absolute atomic E-state index is 10.3. The number of nitrogens with zero attached hydrogens (tertiary/aromatic N) is 3. The second-order valence-corrected chi connectivity index (χ2v) is 7.10. The number of guanidine groups is 1. The van der Waals surface area contributed by atoms with Gasteiger partial charge in [-0.05, 0) is 23.8 Å². The summed E-state index contributed by atoms with van der Waals surface area (Å²) in [4.78, 5) is 9.60. The van der Waals surface area contributed by atoms with Crippen LogP contribution in [0.5, 0.6) is 0 Å². The van der Waals surface area contributed by atoms with E-state index in [1.54, 1.807) is 36.6 Å². The van der Waals surface area contributed by atoms with E-state index in [9.17, 15) is 5.11 Å². The van der Waals surface area contributed by atoms with Crippen molar-refractivity contribution in [3.05, 3.63) is 57.3 Å². The summed E-state index contributed by atoms with van der Waals surface area (Å²) in [6, 6.07) is 5.00. The molecule has 10 heteroatoms. The highest BCUT2D eigenvalue weighted by Crippen LogP contribution is 2.23. The molecule has 3 rings (SSSR count). The Labute approximate surface area is 182 Å². The van der Waals surface area contributed by atoms with Crippen molar-refractivity contribution in [2.75, 3.05) is 13.6 Å². The number of aliphatic imine (C=N–C) groups is 1. The van der Waals surface area contributed by atoms with Gasteiger partial charge in [-0.25, -0.2) is 4.98 Å². The normalized spacial score (nSPS) is 12.7. The van der Waals surface area contributed by atoms with E-state index >= 15 is 0 Å². The fourth-order valence-corrected chi connectivity index (χ4v) is 3.60. The average molecular weight is 526 g/mol. The van der Waals surface area contributed by atoms with Crippen LogP contribution in [-0.2, 0) is 6.54 Å². The summed E-state index contributed by atoms with van der Waals surface area (Å²) >= 11 is 13.5. The molecule has 3 aromatic rings. The number of imidazole rings is 1. The number of benzene rings is 1. The lowest BCUT2D eigenvalue weighted by Gasteiger charge is -2.16. The van der Waals surface area contributed by atoms with Crippen molar-refractivity contribution >= 4 is 69.4 Å². The van der Waals surface area contributed by atoms with Gasteiger partial charge in [-0.3, -0.25) is 9.39 Å². The highest BCUT2D eigenvalue weighted by atomic mass is 127. The third-order valence-electron chi connectivity index (χ3n) is 3.54. The zero-order chi connectivity index (χ0) is 17.8. The number of aliphatic hydroxyl groups is 1. The van der Waals surface area contributed by atoms with Crippen LogP contribution in [0, 0.1) is 0 Å². The van der Waals surface area contributed by atoms with Gasteiger partial charge in [0.1, 0.15) is 0 Å². The Morgan fingerprint density at radius 1 is 1.31 bits per heavy atom. The zero-order valence-corrected chi connectivity index (χ0v) is 18.5. The molecular formula is C16H18Cl2IN5OS. The molecule has 0 bridgehead atoms. The van der Waals surface area contributed by atoms with Crippen LogP contribution in [0.1, 0.15) is 17.4 Å². The molecule has 3 N–H and O–H groups in total. The fraction of sp³-hybridized carbons (Fsp3) is 0.250. The second kappa shape index (κ2) is 9.75. The molecule has 0 aliphatic heterocycles. The summed E-state index contributed by atoms with van der Waals surface area (Å²) in [6.45, 7) is 0.807. The number of fused-ring (bicyclic) bond motifs is 1. The number of aliphatic hydroxyl groups excluding tert-OH is 1. The Balaban J connectivity index is 0.00000243. The van der Waals surface area contributed by atoms with E-state index in [0.717, 1.165) is 10.7 Å². The molecule has 2 heterocycles. The summed E-state index contributed by atoms with van der Waals surface area (Å²) in [5.74, 6) is 0.573. The molecule has 0 aliphatic rings. The van der Waals surface area contributed by atoms with E-state index in [2.05, 4.69) is 20.6 Å². The van der Waals surface area contributed by atoms with Gasteiger partial charge in [-0.15, -0.1) is 35.3 Å². The van der Waals surface area contributed by atoms with E-state index in [0.29, 0.717) is 28.1 Å². The van der Waals surface area contributed by atoms with Crippen LogP contribution in [0.4, 0.5) is 0 Å². The van der Waals surface area contributed by atoms with Crippen LogP contribution in [0.3, 0.4) is 0 Å². The predicted molar refractivity (Wildman–Crippen MR) is 118 cm³/mol. The van der Waals surface area contributed by atoms with Gasteiger partial charge in [-0.2, -0.15) is 0 Å². The van der Waals surface area contributed by atoms with Crippen LogP contribution in [0.25, 0.3) is 4.96 Å². The van der Waals surface area contributed by atoms with Crippen molar-refractivity contribution in [1.82, 2.24) is 20.0 Å². The highest BCUT2D eigenvalue weighted by molar-refractivity contribution is 14.0. The monoisotopic (exact) mass is 525 g/mol. The van der Waals surface area contributed by atoms with E-state index in [4.69, 9.17) is 23.2 Å². The molecule has 0 amide bonds. The Morgan fingerprint density at radius 2 is 2.04 bits per heavy atom. The number of thiazole rings is 1. The predicted octanol–water partition coefficient (Wildman–Crippen LogP) is 3.72. The van der Waals surface area contributed by atoms with Gasteiger partial charge in [0.05, 0.1) is 18.3 Å². The van der Waals surface area contributed by atoms with Gasteiger partial charge in [0.25, 0.3) is 0 Å². The Bertz CT molecular complexity index is 849. The molecule has 0 radical (unpaired) electrons. The number of nitrogens with one attached hydrogen (secondary N) is 2. The molecule has 1 aromatic carbocycles. The first-order valence-electron chi connectivity index (χ1n) is 7.55. The molecule has 140 valence electrons. The Kier molecular flexibility index (Phi) is 7.96. The summed E-state index contributed by atoms with van der Waals surface area (Å²) < 4.78 is 1.98. The molecule has 0 fully saturated rings. The van der Waals surface area contributed by atoms with Crippen LogP contribution in [-0.4, -0.2) is 34.0 Å². The van der Waals surface area contributed by atoms with E-state index in [1.165, 1.54) is 0 Å². The van der Waals surface area contributed by atoms with Crippen LogP contribution < -0.4 is 10.6 Å².